The molecule has 0 saturated carbocycles. The van der Waals surface area contributed by atoms with Crippen LogP contribution in [0.4, 0.5) is 5.69 Å². The van der Waals surface area contributed by atoms with E-state index in [1.54, 1.807) is 0 Å². The van der Waals surface area contributed by atoms with Crippen molar-refractivity contribution in [3.63, 3.8) is 0 Å². The number of aliphatic hydroxyl groups excluding tert-OH is 1. The van der Waals surface area contributed by atoms with E-state index in [-0.39, 0.29) is 6.61 Å². The summed E-state index contributed by atoms with van der Waals surface area (Å²) in [7, 11) is 0. The molecule has 1 atom stereocenters. The van der Waals surface area contributed by atoms with Crippen LogP contribution in [-0.4, -0.2) is 66.3 Å². The molecule has 28 heavy (non-hydrogen) atoms. The third-order valence-electron chi connectivity index (χ3n) is 6.43. The topological polar surface area (TPSA) is 30.0 Å². The minimum Gasteiger partial charge on any atom is -0.396 e. The van der Waals surface area contributed by atoms with Crippen LogP contribution in [0, 0.1) is 0 Å². The predicted molar refractivity (Wildman–Crippen MR) is 116 cm³/mol. The van der Waals surface area contributed by atoms with Crippen LogP contribution in [0.2, 0.25) is 0 Å². The lowest BCUT2D eigenvalue weighted by molar-refractivity contribution is 0.0254. The van der Waals surface area contributed by atoms with Gasteiger partial charge in [-0.25, -0.2) is 0 Å². The van der Waals surface area contributed by atoms with Crippen LogP contribution < -0.4 is 4.90 Å². The first-order valence-corrected chi connectivity index (χ1v) is 10.8. The van der Waals surface area contributed by atoms with Crippen LogP contribution in [0.3, 0.4) is 0 Å². The van der Waals surface area contributed by atoms with Gasteiger partial charge < -0.3 is 10.0 Å². The first-order chi connectivity index (χ1) is 13.8. The lowest BCUT2D eigenvalue weighted by atomic mass is 9.99. The number of para-hydroxylation sites is 1. The van der Waals surface area contributed by atoms with Crippen LogP contribution in [-0.2, 0) is 6.54 Å². The molecule has 2 saturated heterocycles. The fourth-order valence-electron chi connectivity index (χ4n) is 4.83. The molecule has 0 bridgehead atoms. The highest BCUT2D eigenvalue weighted by Gasteiger charge is 2.32. The van der Waals surface area contributed by atoms with Crippen molar-refractivity contribution in [2.45, 2.75) is 37.9 Å². The Hall–Kier alpha value is -1.88. The van der Waals surface area contributed by atoms with Crippen molar-refractivity contribution >= 4 is 5.69 Å². The first kappa shape index (κ1) is 19.4. The molecule has 2 aliphatic heterocycles. The molecule has 150 valence electrons. The van der Waals surface area contributed by atoms with E-state index in [9.17, 15) is 5.11 Å². The number of nitrogens with zero attached hydrogens (tertiary/aromatic N) is 3. The van der Waals surface area contributed by atoms with E-state index >= 15 is 0 Å². The monoisotopic (exact) mass is 379 g/mol. The van der Waals surface area contributed by atoms with Crippen LogP contribution >= 0.6 is 0 Å². The van der Waals surface area contributed by atoms with E-state index in [2.05, 4.69) is 75.4 Å². The maximum Gasteiger partial charge on any atom is 0.0446 e. The van der Waals surface area contributed by atoms with Gasteiger partial charge in [-0.15, -0.1) is 0 Å². The normalized spacial score (nSPS) is 22.5. The molecule has 0 aliphatic carbocycles. The minimum absolute atomic E-state index is 0.274. The fourth-order valence-corrected chi connectivity index (χ4v) is 4.83. The quantitative estimate of drug-likeness (QED) is 0.835. The number of hydrogen-bond acceptors (Lipinski definition) is 4. The van der Waals surface area contributed by atoms with Crippen LogP contribution in [0.25, 0.3) is 0 Å². The van der Waals surface area contributed by atoms with Crippen molar-refractivity contribution in [1.29, 1.82) is 0 Å². The molecule has 0 aromatic heterocycles. The lowest BCUT2D eigenvalue weighted by Gasteiger charge is -2.47. The summed E-state index contributed by atoms with van der Waals surface area (Å²) in [5.41, 5.74) is 2.72. The highest BCUT2D eigenvalue weighted by Crippen LogP contribution is 2.25. The smallest absolute Gasteiger partial charge is 0.0446 e. The second-order valence-corrected chi connectivity index (χ2v) is 8.17. The van der Waals surface area contributed by atoms with Gasteiger partial charge in [-0.05, 0) is 37.0 Å². The molecule has 2 aliphatic rings. The molecule has 2 fully saturated rings. The zero-order chi connectivity index (χ0) is 19.2. The summed E-state index contributed by atoms with van der Waals surface area (Å²) in [6.45, 7) is 6.88. The summed E-state index contributed by atoms with van der Waals surface area (Å²) in [6.07, 6.45) is 3.34. The van der Waals surface area contributed by atoms with Gasteiger partial charge in [0.25, 0.3) is 0 Å². The van der Waals surface area contributed by atoms with E-state index in [4.69, 9.17) is 0 Å². The lowest BCUT2D eigenvalue weighted by Crippen LogP contribution is -2.57. The average molecular weight is 380 g/mol. The Bertz CT molecular complexity index is 700. The van der Waals surface area contributed by atoms with Gasteiger partial charge in [0.05, 0.1) is 0 Å². The Morgan fingerprint density at radius 3 is 2.18 bits per heavy atom. The second kappa shape index (κ2) is 9.55. The van der Waals surface area contributed by atoms with Crippen molar-refractivity contribution in [2.75, 3.05) is 44.2 Å². The fraction of sp³-hybridized carbons (Fsp3) is 0.500. The van der Waals surface area contributed by atoms with E-state index in [1.165, 1.54) is 24.1 Å². The molecular formula is C24H33N3O. The Morgan fingerprint density at radius 2 is 1.50 bits per heavy atom. The Labute approximate surface area is 169 Å². The van der Waals surface area contributed by atoms with Gasteiger partial charge in [0.2, 0.25) is 0 Å². The SMILES string of the molecule is OCC[C@@H]1CN(C2CCN(c3ccccc3)CC2)CCN1Cc1ccccc1. The molecule has 4 rings (SSSR count). The highest BCUT2D eigenvalue weighted by molar-refractivity contribution is 5.46. The van der Waals surface area contributed by atoms with Gasteiger partial charge in [0.1, 0.15) is 0 Å². The van der Waals surface area contributed by atoms with Gasteiger partial charge >= 0.3 is 0 Å². The Morgan fingerprint density at radius 1 is 0.821 bits per heavy atom. The molecule has 0 radical (unpaired) electrons. The summed E-state index contributed by atoms with van der Waals surface area (Å²) >= 11 is 0. The Balaban J connectivity index is 1.33. The molecular weight excluding hydrogens is 346 g/mol. The zero-order valence-corrected chi connectivity index (χ0v) is 16.8. The van der Waals surface area contributed by atoms with Crippen molar-refractivity contribution in [2.24, 2.45) is 0 Å². The first-order valence-electron chi connectivity index (χ1n) is 10.8. The largest absolute Gasteiger partial charge is 0.396 e. The second-order valence-electron chi connectivity index (χ2n) is 8.17. The van der Waals surface area contributed by atoms with Crippen LogP contribution in [0.5, 0.6) is 0 Å². The summed E-state index contributed by atoms with van der Waals surface area (Å²) in [5.74, 6) is 0. The number of benzene rings is 2. The number of piperidine rings is 1. The van der Waals surface area contributed by atoms with E-state index in [1.807, 2.05) is 0 Å². The molecule has 2 aromatic rings. The maximum absolute atomic E-state index is 9.61. The van der Waals surface area contributed by atoms with Gasteiger partial charge in [0.15, 0.2) is 0 Å². The Kier molecular flexibility index (Phi) is 6.63. The van der Waals surface area contributed by atoms with Crippen molar-refractivity contribution < 1.29 is 5.11 Å². The molecule has 2 heterocycles. The standard InChI is InChI=1S/C24H33N3O/c28-18-13-24-20-27(17-16-26(24)19-21-7-3-1-4-8-21)23-11-14-25(15-12-23)22-9-5-2-6-10-22/h1-10,23-24,28H,11-20H2/t24-/m1/s1. The third-order valence-corrected chi connectivity index (χ3v) is 6.43. The molecule has 0 amide bonds. The molecule has 4 nitrogen and oxygen atoms in total. The van der Waals surface area contributed by atoms with E-state index in [0.717, 1.165) is 45.7 Å². The van der Waals surface area contributed by atoms with Crippen LogP contribution in [0.15, 0.2) is 60.7 Å². The van der Waals surface area contributed by atoms with Crippen molar-refractivity contribution in [1.82, 2.24) is 9.80 Å². The third kappa shape index (κ3) is 4.75. The number of rotatable bonds is 6. The molecule has 1 N–H and O–H groups in total. The highest BCUT2D eigenvalue weighted by atomic mass is 16.3. The van der Waals surface area contributed by atoms with Gasteiger partial charge in [-0.3, -0.25) is 9.80 Å². The van der Waals surface area contributed by atoms with Gasteiger partial charge in [-0.1, -0.05) is 48.5 Å². The van der Waals surface area contributed by atoms with Gasteiger partial charge in [-0.2, -0.15) is 0 Å². The van der Waals surface area contributed by atoms with E-state index < -0.39 is 0 Å². The average Bonchev–Trinajstić information content (AvgIpc) is 2.77. The number of aliphatic hydroxyl groups is 1. The van der Waals surface area contributed by atoms with Crippen LogP contribution in [0.1, 0.15) is 24.8 Å². The number of hydrogen-bond donors (Lipinski definition) is 1. The summed E-state index contributed by atoms with van der Waals surface area (Å²) in [5, 5.41) is 9.61. The maximum atomic E-state index is 9.61. The van der Waals surface area contributed by atoms with E-state index in [0.29, 0.717) is 12.1 Å². The minimum atomic E-state index is 0.274. The zero-order valence-electron chi connectivity index (χ0n) is 16.8. The number of anilines is 1. The summed E-state index contributed by atoms with van der Waals surface area (Å²) in [6, 6.07) is 22.7. The van der Waals surface area contributed by atoms with Crippen molar-refractivity contribution in [3.8, 4) is 0 Å². The summed E-state index contributed by atoms with van der Waals surface area (Å²) in [4.78, 5) is 7.79. The predicted octanol–water partition coefficient (Wildman–Crippen LogP) is 3.22. The van der Waals surface area contributed by atoms with Gasteiger partial charge in [0, 0.05) is 63.6 Å². The molecule has 0 unspecified atom stereocenters. The summed E-state index contributed by atoms with van der Waals surface area (Å²) < 4.78 is 0. The van der Waals surface area contributed by atoms with Crippen molar-refractivity contribution in [3.05, 3.63) is 66.2 Å². The molecule has 0 spiro atoms. The molecule has 4 heteroatoms. The number of piperazine rings is 1. The molecule has 2 aromatic carbocycles.